The normalized spacial score (nSPS) is 9.36. The van der Waals surface area contributed by atoms with E-state index in [1.807, 2.05) is 26.0 Å². The summed E-state index contributed by atoms with van der Waals surface area (Å²) in [6.45, 7) is 13.7. The molecule has 0 N–H and O–H groups in total. The maximum absolute atomic E-state index is 3.95. The van der Waals surface area contributed by atoms with Crippen molar-refractivity contribution in [1.29, 1.82) is 0 Å². The van der Waals surface area contributed by atoms with Crippen LogP contribution in [-0.2, 0) is 0 Å². The summed E-state index contributed by atoms with van der Waals surface area (Å²) in [4.78, 5) is 2.55. The minimum absolute atomic E-state index is 1.05. The van der Waals surface area contributed by atoms with Crippen molar-refractivity contribution >= 4 is 16.9 Å². The molecule has 76 valence electrons. The Morgan fingerprint density at radius 2 is 2.00 bits per heavy atom. The van der Waals surface area contributed by atoms with Crippen molar-refractivity contribution in [3.8, 4) is 0 Å². The summed E-state index contributed by atoms with van der Waals surface area (Å²) >= 11 is 1.76. The monoisotopic (exact) mass is 206 g/mol. The van der Waals surface area contributed by atoms with Crippen molar-refractivity contribution in [3.63, 3.8) is 0 Å². The zero-order chi connectivity index (χ0) is 11.0. The van der Waals surface area contributed by atoms with E-state index >= 15 is 0 Å². The number of aryl methyl sites for hydroxylation is 1. The van der Waals surface area contributed by atoms with Crippen molar-refractivity contribution in [2.75, 3.05) is 0 Å². The Balaban J connectivity index is 0.000000791. The van der Waals surface area contributed by atoms with E-state index in [0.29, 0.717) is 0 Å². The van der Waals surface area contributed by atoms with Crippen LogP contribution in [0.3, 0.4) is 0 Å². The first-order valence-electron chi connectivity index (χ1n) is 4.79. The van der Waals surface area contributed by atoms with Gasteiger partial charge < -0.3 is 0 Å². The van der Waals surface area contributed by atoms with E-state index in [1.165, 1.54) is 9.75 Å². The van der Waals surface area contributed by atoms with E-state index in [4.69, 9.17) is 0 Å². The van der Waals surface area contributed by atoms with Crippen molar-refractivity contribution in [1.82, 2.24) is 0 Å². The van der Waals surface area contributed by atoms with Gasteiger partial charge in [-0.25, -0.2) is 0 Å². The van der Waals surface area contributed by atoms with E-state index in [0.717, 1.165) is 5.57 Å². The van der Waals surface area contributed by atoms with Gasteiger partial charge in [-0.05, 0) is 24.6 Å². The topological polar surface area (TPSA) is 0 Å². The first kappa shape index (κ1) is 12.9. The summed E-state index contributed by atoms with van der Waals surface area (Å²) in [6, 6.07) is 4.20. The fourth-order valence-corrected chi connectivity index (χ4v) is 1.69. The van der Waals surface area contributed by atoms with Crippen LogP contribution in [0, 0.1) is 6.92 Å². The molecule has 1 heteroatoms. The average molecular weight is 206 g/mol. The minimum Gasteiger partial charge on any atom is -0.141 e. The van der Waals surface area contributed by atoms with E-state index in [-0.39, 0.29) is 0 Å². The minimum atomic E-state index is 1.05. The lowest BCUT2D eigenvalue weighted by Crippen LogP contribution is -1.67. The number of hydrogen-bond acceptors (Lipinski definition) is 1. The molecule has 0 radical (unpaired) electrons. The van der Waals surface area contributed by atoms with Gasteiger partial charge in [0.25, 0.3) is 0 Å². The molecule has 0 bridgehead atoms. The average Bonchev–Trinajstić information content (AvgIpc) is 2.64. The lowest BCUT2D eigenvalue weighted by atomic mass is 10.2. The van der Waals surface area contributed by atoms with Crippen molar-refractivity contribution in [2.24, 2.45) is 0 Å². The molecule has 1 heterocycles. The third kappa shape index (κ3) is 4.24. The predicted molar refractivity (Wildman–Crippen MR) is 68.8 cm³/mol. The van der Waals surface area contributed by atoms with E-state index in [2.05, 4.69) is 32.2 Å². The van der Waals surface area contributed by atoms with Gasteiger partial charge in [0.05, 0.1) is 0 Å². The summed E-state index contributed by atoms with van der Waals surface area (Å²) in [5, 5.41) is 0. The number of hydrogen-bond donors (Lipinski definition) is 0. The number of allylic oxidation sites excluding steroid dienone is 4. The van der Waals surface area contributed by atoms with Gasteiger partial charge in [-0.3, -0.25) is 0 Å². The molecule has 0 aromatic carbocycles. The summed E-state index contributed by atoms with van der Waals surface area (Å²) in [6.07, 6.45) is 5.63. The zero-order valence-corrected chi connectivity index (χ0v) is 10.0. The summed E-state index contributed by atoms with van der Waals surface area (Å²) < 4.78 is 0. The molecule has 1 aromatic rings. The Bertz CT molecular complexity index is 316. The standard InChI is InChI=1S/C11H12S.C2H6/c1-4-5-6-9(2)11-8-7-10(3)12-11;1-2/h4-8H,1-2H2,3H3;1-2H3/b6-5-;. The predicted octanol–water partition coefficient (Wildman–Crippen LogP) is 4.84. The zero-order valence-electron chi connectivity index (χ0n) is 9.21. The van der Waals surface area contributed by atoms with Crippen LogP contribution in [0.1, 0.15) is 23.6 Å². The third-order valence-corrected chi connectivity index (χ3v) is 2.57. The first-order chi connectivity index (χ1) is 6.74. The SMILES string of the molecule is C=C/C=C\C(=C)c1ccc(C)s1.CC. The smallest absolute Gasteiger partial charge is 0.0339 e. The Kier molecular flexibility index (Phi) is 6.77. The number of thiophene rings is 1. The maximum atomic E-state index is 3.95. The molecule has 1 aromatic heterocycles. The molecule has 0 saturated carbocycles. The molecular formula is C13H18S. The highest BCUT2D eigenvalue weighted by atomic mass is 32.1. The van der Waals surface area contributed by atoms with Gasteiger partial charge in [0.15, 0.2) is 0 Å². The highest BCUT2D eigenvalue weighted by Crippen LogP contribution is 2.22. The molecule has 0 saturated heterocycles. The van der Waals surface area contributed by atoms with Crippen LogP contribution in [0.4, 0.5) is 0 Å². The highest BCUT2D eigenvalue weighted by molar-refractivity contribution is 7.13. The second-order valence-electron chi connectivity index (χ2n) is 2.53. The van der Waals surface area contributed by atoms with Crippen LogP contribution < -0.4 is 0 Å². The van der Waals surface area contributed by atoms with Crippen molar-refractivity contribution in [3.05, 3.63) is 53.3 Å². The molecule has 0 spiro atoms. The Morgan fingerprint density at radius 1 is 1.36 bits per heavy atom. The molecule has 14 heavy (non-hydrogen) atoms. The summed E-state index contributed by atoms with van der Waals surface area (Å²) in [5.74, 6) is 0. The van der Waals surface area contributed by atoms with E-state index in [1.54, 1.807) is 17.4 Å². The molecule has 0 aliphatic heterocycles. The van der Waals surface area contributed by atoms with Crippen LogP contribution in [0.25, 0.3) is 5.57 Å². The fourth-order valence-electron chi connectivity index (χ4n) is 0.873. The van der Waals surface area contributed by atoms with Gasteiger partial charge in [0, 0.05) is 9.75 Å². The van der Waals surface area contributed by atoms with Crippen molar-refractivity contribution in [2.45, 2.75) is 20.8 Å². The van der Waals surface area contributed by atoms with Crippen LogP contribution in [0.2, 0.25) is 0 Å². The Labute approximate surface area is 91.3 Å². The van der Waals surface area contributed by atoms with Crippen LogP contribution in [-0.4, -0.2) is 0 Å². The number of rotatable bonds is 3. The second kappa shape index (κ2) is 7.34. The van der Waals surface area contributed by atoms with Gasteiger partial charge in [-0.1, -0.05) is 45.2 Å². The summed E-state index contributed by atoms with van der Waals surface area (Å²) in [5.41, 5.74) is 1.05. The lowest BCUT2D eigenvalue weighted by molar-refractivity contribution is 1.50. The van der Waals surface area contributed by atoms with Crippen LogP contribution in [0.15, 0.2) is 43.5 Å². The van der Waals surface area contributed by atoms with Gasteiger partial charge in [-0.15, -0.1) is 11.3 Å². The second-order valence-corrected chi connectivity index (χ2v) is 3.82. The molecule has 0 unspecified atom stereocenters. The largest absolute Gasteiger partial charge is 0.141 e. The first-order valence-corrected chi connectivity index (χ1v) is 5.60. The fraction of sp³-hybridized carbons (Fsp3) is 0.231. The lowest BCUT2D eigenvalue weighted by Gasteiger charge is -1.91. The Hall–Kier alpha value is -1.08. The van der Waals surface area contributed by atoms with Crippen LogP contribution in [0.5, 0.6) is 0 Å². The molecule has 1 rings (SSSR count). The molecule has 0 aliphatic rings. The summed E-state index contributed by atoms with van der Waals surface area (Å²) in [7, 11) is 0. The van der Waals surface area contributed by atoms with E-state index < -0.39 is 0 Å². The molecule has 0 atom stereocenters. The molecule has 0 fully saturated rings. The van der Waals surface area contributed by atoms with Gasteiger partial charge >= 0.3 is 0 Å². The maximum Gasteiger partial charge on any atom is 0.0339 e. The van der Waals surface area contributed by atoms with E-state index in [9.17, 15) is 0 Å². The molecule has 0 nitrogen and oxygen atoms in total. The van der Waals surface area contributed by atoms with Crippen molar-refractivity contribution < 1.29 is 0 Å². The quantitative estimate of drug-likeness (QED) is 0.621. The Morgan fingerprint density at radius 3 is 2.43 bits per heavy atom. The van der Waals surface area contributed by atoms with Crippen LogP contribution >= 0.6 is 11.3 Å². The van der Waals surface area contributed by atoms with Gasteiger partial charge in [0.1, 0.15) is 0 Å². The molecule has 0 amide bonds. The third-order valence-electron chi connectivity index (χ3n) is 1.49. The molecular weight excluding hydrogens is 188 g/mol. The van der Waals surface area contributed by atoms with Gasteiger partial charge in [-0.2, -0.15) is 0 Å². The molecule has 0 aliphatic carbocycles. The highest BCUT2D eigenvalue weighted by Gasteiger charge is 1.96. The van der Waals surface area contributed by atoms with Gasteiger partial charge in [0.2, 0.25) is 0 Å².